The molecule has 0 atom stereocenters. The minimum Gasteiger partial charge on any atom is -0.484 e. The highest BCUT2D eigenvalue weighted by Gasteiger charge is 2.28. The summed E-state index contributed by atoms with van der Waals surface area (Å²) in [5.41, 5.74) is 1.42. The number of halogens is 3. The molecule has 1 aliphatic rings. The molecule has 29 heavy (non-hydrogen) atoms. The number of anilines is 1. The van der Waals surface area contributed by atoms with Crippen molar-refractivity contribution in [3.63, 3.8) is 0 Å². The van der Waals surface area contributed by atoms with Crippen LogP contribution in [-0.2, 0) is 6.54 Å². The van der Waals surface area contributed by atoms with Crippen LogP contribution >= 0.6 is 0 Å². The third-order valence-corrected chi connectivity index (χ3v) is 4.05. The average Bonchev–Trinajstić information content (AvgIpc) is 3.48. The number of rotatable bonds is 7. The molecule has 1 fully saturated rings. The quantitative estimate of drug-likeness (QED) is 0.653. The van der Waals surface area contributed by atoms with Crippen LogP contribution in [0.1, 0.15) is 28.8 Å². The van der Waals surface area contributed by atoms with E-state index in [9.17, 15) is 22.8 Å². The highest BCUT2D eigenvalue weighted by Crippen LogP contribution is 2.20. The van der Waals surface area contributed by atoms with Crippen molar-refractivity contribution < 1.29 is 27.5 Å². The molecule has 0 saturated heterocycles. The lowest BCUT2D eigenvalue weighted by Crippen LogP contribution is -2.30. The Hall–Kier alpha value is -3.23. The standard InChI is InChI=1S/C20H20F3N3O3/c21-20(22,23)12-29-17-6-1-3-13(9-17)11-24-18(27)14-4-2-5-16(10-14)26-19(28)25-15-7-8-15/h1-6,9-10,15H,7-8,11-12H2,(H,24,27)(H2,25,26,28). The van der Waals surface area contributed by atoms with Gasteiger partial charge in [-0.05, 0) is 48.7 Å². The number of hydrogen-bond donors (Lipinski definition) is 3. The van der Waals surface area contributed by atoms with Gasteiger partial charge in [-0.25, -0.2) is 4.79 Å². The second-order valence-corrected chi connectivity index (χ2v) is 6.69. The lowest BCUT2D eigenvalue weighted by Gasteiger charge is -2.11. The van der Waals surface area contributed by atoms with E-state index >= 15 is 0 Å². The van der Waals surface area contributed by atoms with Crippen LogP contribution in [0, 0.1) is 0 Å². The summed E-state index contributed by atoms with van der Waals surface area (Å²) in [7, 11) is 0. The van der Waals surface area contributed by atoms with E-state index in [0.717, 1.165) is 12.8 Å². The number of alkyl halides is 3. The maximum atomic E-state index is 12.4. The third kappa shape index (κ3) is 7.02. The molecule has 0 unspecified atom stereocenters. The molecule has 3 amide bonds. The van der Waals surface area contributed by atoms with Crippen LogP contribution in [0.3, 0.4) is 0 Å². The van der Waals surface area contributed by atoms with E-state index in [0.29, 0.717) is 16.8 Å². The van der Waals surface area contributed by atoms with Crippen LogP contribution in [0.5, 0.6) is 5.75 Å². The average molecular weight is 407 g/mol. The van der Waals surface area contributed by atoms with E-state index in [4.69, 9.17) is 4.74 Å². The largest absolute Gasteiger partial charge is 0.484 e. The highest BCUT2D eigenvalue weighted by molar-refractivity contribution is 5.96. The zero-order valence-corrected chi connectivity index (χ0v) is 15.4. The summed E-state index contributed by atoms with van der Waals surface area (Å²) in [5.74, 6) is -0.306. The second-order valence-electron chi connectivity index (χ2n) is 6.69. The van der Waals surface area contributed by atoms with Crippen LogP contribution in [0.15, 0.2) is 48.5 Å². The monoisotopic (exact) mass is 407 g/mol. The summed E-state index contributed by atoms with van der Waals surface area (Å²) in [4.78, 5) is 24.2. The summed E-state index contributed by atoms with van der Waals surface area (Å²) in [6.45, 7) is -1.27. The molecule has 0 bridgehead atoms. The van der Waals surface area contributed by atoms with Gasteiger partial charge in [0, 0.05) is 23.8 Å². The summed E-state index contributed by atoms with van der Waals surface area (Å²) in [5, 5.41) is 8.16. The van der Waals surface area contributed by atoms with Gasteiger partial charge in [0.1, 0.15) is 5.75 Å². The SMILES string of the molecule is O=C(Nc1cccc(C(=O)NCc2cccc(OCC(F)(F)F)c2)c1)NC1CC1. The van der Waals surface area contributed by atoms with Gasteiger partial charge in [0.15, 0.2) is 6.61 Å². The number of carbonyl (C=O) groups is 2. The zero-order chi connectivity index (χ0) is 20.9. The number of nitrogens with one attached hydrogen (secondary N) is 3. The molecular weight excluding hydrogens is 387 g/mol. The molecule has 2 aromatic carbocycles. The summed E-state index contributed by atoms with van der Waals surface area (Å²) in [6, 6.07) is 12.4. The lowest BCUT2D eigenvalue weighted by atomic mass is 10.1. The Morgan fingerprint density at radius 2 is 1.83 bits per heavy atom. The number of ether oxygens (including phenoxy) is 1. The summed E-state index contributed by atoms with van der Waals surface area (Å²) in [6.07, 6.45) is -2.48. The smallest absolute Gasteiger partial charge is 0.422 e. The Bertz CT molecular complexity index is 883. The van der Waals surface area contributed by atoms with Crippen molar-refractivity contribution in [2.24, 2.45) is 0 Å². The van der Waals surface area contributed by atoms with Crippen molar-refractivity contribution >= 4 is 17.6 Å². The van der Waals surface area contributed by atoms with E-state index in [-0.39, 0.29) is 30.3 Å². The molecule has 2 aromatic rings. The van der Waals surface area contributed by atoms with E-state index < -0.39 is 12.8 Å². The molecule has 1 aliphatic carbocycles. The molecule has 1 saturated carbocycles. The van der Waals surface area contributed by atoms with Gasteiger partial charge in [0.25, 0.3) is 5.91 Å². The number of amides is 3. The topological polar surface area (TPSA) is 79.5 Å². The lowest BCUT2D eigenvalue weighted by molar-refractivity contribution is -0.153. The minimum absolute atomic E-state index is 0.0712. The van der Waals surface area contributed by atoms with E-state index in [1.807, 2.05) is 0 Å². The first-order chi connectivity index (χ1) is 13.8. The van der Waals surface area contributed by atoms with Crippen molar-refractivity contribution in [3.05, 3.63) is 59.7 Å². The maximum absolute atomic E-state index is 12.4. The number of benzene rings is 2. The second kappa shape index (κ2) is 8.85. The van der Waals surface area contributed by atoms with Crippen molar-refractivity contribution in [2.45, 2.75) is 31.6 Å². The Morgan fingerprint density at radius 1 is 1.07 bits per heavy atom. The van der Waals surface area contributed by atoms with Crippen LogP contribution in [0.25, 0.3) is 0 Å². The maximum Gasteiger partial charge on any atom is 0.422 e. The predicted molar refractivity (Wildman–Crippen MR) is 101 cm³/mol. The van der Waals surface area contributed by atoms with Gasteiger partial charge in [-0.15, -0.1) is 0 Å². The third-order valence-electron chi connectivity index (χ3n) is 4.05. The molecule has 0 radical (unpaired) electrons. The van der Waals surface area contributed by atoms with Crippen molar-refractivity contribution in [2.75, 3.05) is 11.9 Å². The van der Waals surface area contributed by atoms with Gasteiger partial charge in [-0.1, -0.05) is 18.2 Å². The van der Waals surface area contributed by atoms with Crippen LogP contribution < -0.4 is 20.7 Å². The van der Waals surface area contributed by atoms with Gasteiger partial charge in [0.2, 0.25) is 0 Å². The van der Waals surface area contributed by atoms with E-state index in [1.165, 1.54) is 12.1 Å². The molecular formula is C20H20F3N3O3. The molecule has 0 aromatic heterocycles. The first kappa shape index (κ1) is 20.5. The Kier molecular flexibility index (Phi) is 6.26. The molecule has 0 aliphatic heterocycles. The predicted octanol–water partition coefficient (Wildman–Crippen LogP) is 3.84. The number of urea groups is 1. The van der Waals surface area contributed by atoms with Crippen LogP contribution in [0.4, 0.5) is 23.7 Å². The normalized spacial score (nSPS) is 13.5. The van der Waals surface area contributed by atoms with Crippen LogP contribution in [0.2, 0.25) is 0 Å². The Morgan fingerprint density at radius 3 is 2.55 bits per heavy atom. The number of hydrogen-bond acceptors (Lipinski definition) is 3. The Balaban J connectivity index is 1.53. The molecule has 9 heteroatoms. The number of carbonyl (C=O) groups excluding carboxylic acids is 2. The zero-order valence-electron chi connectivity index (χ0n) is 15.4. The van der Waals surface area contributed by atoms with Gasteiger partial charge < -0.3 is 20.7 Å². The fraction of sp³-hybridized carbons (Fsp3) is 0.300. The summed E-state index contributed by atoms with van der Waals surface area (Å²) >= 11 is 0. The Labute approximate surface area is 165 Å². The first-order valence-electron chi connectivity index (χ1n) is 9.03. The fourth-order valence-corrected chi connectivity index (χ4v) is 2.51. The van der Waals surface area contributed by atoms with Crippen molar-refractivity contribution in [1.82, 2.24) is 10.6 Å². The molecule has 3 rings (SSSR count). The van der Waals surface area contributed by atoms with Crippen molar-refractivity contribution in [1.29, 1.82) is 0 Å². The van der Waals surface area contributed by atoms with E-state index in [2.05, 4.69) is 16.0 Å². The molecule has 0 heterocycles. The molecule has 154 valence electrons. The van der Waals surface area contributed by atoms with Crippen LogP contribution in [-0.4, -0.2) is 30.8 Å². The summed E-state index contributed by atoms with van der Waals surface area (Å²) < 4.78 is 41.4. The molecule has 0 spiro atoms. The molecule has 3 N–H and O–H groups in total. The van der Waals surface area contributed by atoms with Gasteiger partial charge in [0.05, 0.1) is 0 Å². The van der Waals surface area contributed by atoms with Gasteiger partial charge in [-0.3, -0.25) is 4.79 Å². The van der Waals surface area contributed by atoms with Crippen molar-refractivity contribution in [3.8, 4) is 5.75 Å². The first-order valence-corrected chi connectivity index (χ1v) is 9.03. The molecule has 6 nitrogen and oxygen atoms in total. The highest BCUT2D eigenvalue weighted by atomic mass is 19.4. The van der Waals surface area contributed by atoms with Gasteiger partial charge in [-0.2, -0.15) is 13.2 Å². The van der Waals surface area contributed by atoms with Gasteiger partial charge >= 0.3 is 12.2 Å². The fourth-order valence-electron chi connectivity index (χ4n) is 2.51. The minimum atomic E-state index is -4.42. The van der Waals surface area contributed by atoms with E-state index in [1.54, 1.807) is 36.4 Å².